The summed E-state index contributed by atoms with van der Waals surface area (Å²) in [6, 6.07) is 3.23. The lowest BCUT2D eigenvalue weighted by Crippen LogP contribution is -2.49. The van der Waals surface area contributed by atoms with Crippen LogP contribution in [0, 0.1) is 23.5 Å². The molecule has 1 heterocycles. The molecule has 1 atom stereocenters. The van der Waals surface area contributed by atoms with Gasteiger partial charge in [-0.05, 0) is 37.2 Å². The van der Waals surface area contributed by atoms with E-state index in [1.54, 1.807) is 0 Å². The van der Waals surface area contributed by atoms with Gasteiger partial charge in [0.05, 0.1) is 0 Å². The molecule has 1 aliphatic rings. The maximum Gasteiger partial charge on any atom is 0.223 e. The van der Waals surface area contributed by atoms with Crippen molar-refractivity contribution < 1.29 is 13.6 Å². The summed E-state index contributed by atoms with van der Waals surface area (Å²) in [7, 11) is 0. The molecule has 18 heavy (non-hydrogen) atoms. The van der Waals surface area contributed by atoms with Crippen molar-refractivity contribution >= 4 is 5.91 Å². The van der Waals surface area contributed by atoms with Crippen molar-refractivity contribution in [1.29, 1.82) is 0 Å². The molecule has 0 bridgehead atoms. The second-order valence-electron chi connectivity index (χ2n) is 4.66. The zero-order valence-corrected chi connectivity index (χ0v) is 10.2. The van der Waals surface area contributed by atoms with Crippen LogP contribution in [-0.4, -0.2) is 19.0 Å². The van der Waals surface area contributed by atoms with Crippen LogP contribution >= 0.6 is 0 Å². The van der Waals surface area contributed by atoms with Gasteiger partial charge in [0.25, 0.3) is 0 Å². The van der Waals surface area contributed by atoms with E-state index in [2.05, 4.69) is 10.6 Å². The summed E-state index contributed by atoms with van der Waals surface area (Å²) < 4.78 is 26.3. The van der Waals surface area contributed by atoms with E-state index < -0.39 is 11.6 Å². The van der Waals surface area contributed by atoms with E-state index in [9.17, 15) is 13.6 Å². The lowest BCUT2D eigenvalue weighted by Gasteiger charge is -2.31. The highest BCUT2D eigenvalue weighted by Crippen LogP contribution is 2.16. The van der Waals surface area contributed by atoms with Crippen molar-refractivity contribution in [3.05, 3.63) is 35.4 Å². The van der Waals surface area contributed by atoms with Gasteiger partial charge in [-0.15, -0.1) is 0 Å². The second-order valence-corrected chi connectivity index (χ2v) is 4.66. The summed E-state index contributed by atoms with van der Waals surface area (Å²) >= 11 is 0. The van der Waals surface area contributed by atoms with E-state index in [0.717, 1.165) is 31.3 Å². The van der Waals surface area contributed by atoms with Crippen LogP contribution in [0.2, 0.25) is 0 Å². The molecular formula is C13H16F2N2O. The molecular weight excluding hydrogens is 238 g/mol. The Balaban J connectivity index is 1.90. The van der Waals surface area contributed by atoms with Crippen LogP contribution in [0.5, 0.6) is 0 Å². The number of carbonyl (C=O) groups excluding carboxylic acids is 1. The van der Waals surface area contributed by atoms with E-state index >= 15 is 0 Å². The zero-order chi connectivity index (χ0) is 13.1. The third kappa shape index (κ3) is 2.85. The normalized spacial score (nSPS) is 17.1. The number of benzene rings is 1. The van der Waals surface area contributed by atoms with Crippen LogP contribution in [0.1, 0.15) is 12.5 Å². The fourth-order valence-corrected chi connectivity index (χ4v) is 1.90. The van der Waals surface area contributed by atoms with Crippen molar-refractivity contribution in [2.75, 3.05) is 13.1 Å². The molecule has 2 N–H and O–H groups in total. The molecule has 0 radical (unpaired) electrons. The minimum Gasteiger partial charge on any atom is -0.352 e. The molecule has 1 unspecified atom stereocenters. The second kappa shape index (κ2) is 5.44. The van der Waals surface area contributed by atoms with Gasteiger partial charge in [-0.3, -0.25) is 4.79 Å². The molecule has 1 aromatic carbocycles. The quantitative estimate of drug-likeness (QED) is 0.853. The molecule has 0 saturated carbocycles. The minimum atomic E-state index is -0.505. The van der Waals surface area contributed by atoms with E-state index in [1.165, 1.54) is 0 Å². The molecule has 1 aliphatic heterocycles. The predicted octanol–water partition coefficient (Wildman–Crippen LogP) is 1.44. The summed E-state index contributed by atoms with van der Waals surface area (Å²) in [6.07, 6.45) is 0. The molecule has 5 heteroatoms. The zero-order valence-electron chi connectivity index (χ0n) is 10.2. The number of halogens is 2. The van der Waals surface area contributed by atoms with Crippen LogP contribution < -0.4 is 10.6 Å². The third-order valence-electron chi connectivity index (χ3n) is 3.39. The largest absolute Gasteiger partial charge is 0.352 e. The molecule has 0 aliphatic carbocycles. The number of hydrogen-bond donors (Lipinski definition) is 2. The highest BCUT2D eigenvalue weighted by atomic mass is 19.1. The highest BCUT2D eigenvalue weighted by molar-refractivity contribution is 5.78. The van der Waals surface area contributed by atoms with Crippen molar-refractivity contribution in [2.24, 2.45) is 11.8 Å². The van der Waals surface area contributed by atoms with Gasteiger partial charge in [-0.25, -0.2) is 8.78 Å². The lowest BCUT2D eigenvalue weighted by atomic mass is 9.88. The molecule has 0 aromatic heterocycles. The van der Waals surface area contributed by atoms with Gasteiger partial charge in [0, 0.05) is 18.0 Å². The summed E-state index contributed by atoms with van der Waals surface area (Å²) in [4.78, 5) is 11.8. The van der Waals surface area contributed by atoms with Crippen LogP contribution in [0.25, 0.3) is 0 Å². The Labute approximate surface area is 105 Å². The van der Waals surface area contributed by atoms with Crippen molar-refractivity contribution in [3.63, 3.8) is 0 Å². The van der Waals surface area contributed by atoms with Gasteiger partial charge in [-0.2, -0.15) is 0 Å². The van der Waals surface area contributed by atoms with Gasteiger partial charge >= 0.3 is 0 Å². The van der Waals surface area contributed by atoms with Gasteiger partial charge in [0.2, 0.25) is 5.91 Å². The third-order valence-corrected chi connectivity index (χ3v) is 3.39. The van der Waals surface area contributed by atoms with E-state index in [1.807, 2.05) is 6.92 Å². The van der Waals surface area contributed by atoms with Gasteiger partial charge < -0.3 is 10.6 Å². The minimum absolute atomic E-state index is 0.0207. The van der Waals surface area contributed by atoms with E-state index in [0.29, 0.717) is 5.92 Å². The summed E-state index contributed by atoms with van der Waals surface area (Å²) in [5, 5.41) is 5.74. The molecule has 0 spiro atoms. The molecule has 98 valence electrons. The SMILES string of the molecule is CC(C(=O)NCc1cc(F)ccc1F)C1CNC1. The maximum absolute atomic E-state index is 13.3. The van der Waals surface area contributed by atoms with E-state index in [4.69, 9.17) is 0 Å². The summed E-state index contributed by atoms with van der Waals surface area (Å²) in [5.41, 5.74) is 0.169. The Hall–Kier alpha value is -1.49. The highest BCUT2D eigenvalue weighted by Gasteiger charge is 2.28. The first-order valence-corrected chi connectivity index (χ1v) is 6.00. The fourth-order valence-electron chi connectivity index (χ4n) is 1.90. The maximum atomic E-state index is 13.3. The Kier molecular flexibility index (Phi) is 3.91. The predicted molar refractivity (Wildman–Crippen MR) is 63.7 cm³/mol. The number of carbonyl (C=O) groups is 1. The first-order valence-electron chi connectivity index (χ1n) is 6.00. The number of nitrogens with one attached hydrogen (secondary N) is 2. The number of hydrogen-bond acceptors (Lipinski definition) is 2. The van der Waals surface area contributed by atoms with Crippen LogP contribution in [0.15, 0.2) is 18.2 Å². The average Bonchev–Trinajstić information content (AvgIpc) is 2.27. The van der Waals surface area contributed by atoms with Crippen molar-refractivity contribution in [2.45, 2.75) is 13.5 Å². The Morgan fingerprint density at radius 1 is 1.50 bits per heavy atom. The van der Waals surface area contributed by atoms with Gasteiger partial charge in [0.1, 0.15) is 11.6 Å². The first-order chi connectivity index (χ1) is 8.58. The topological polar surface area (TPSA) is 41.1 Å². The standard InChI is InChI=1S/C13H16F2N2O/c1-8(10-5-16-6-10)13(18)17-7-9-4-11(14)2-3-12(9)15/h2-4,8,10,16H,5-7H2,1H3,(H,17,18). The Morgan fingerprint density at radius 2 is 2.22 bits per heavy atom. The van der Waals surface area contributed by atoms with Gasteiger partial charge in [-0.1, -0.05) is 6.92 Å². The Morgan fingerprint density at radius 3 is 2.83 bits per heavy atom. The molecule has 3 nitrogen and oxygen atoms in total. The van der Waals surface area contributed by atoms with Crippen molar-refractivity contribution in [1.82, 2.24) is 10.6 Å². The molecule has 1 saturated heterocycles. The van der Waals surface area contributed by atoms with Crippen LogP contribution in [0.3, 0.4) is 0 Å². The smallest absolute Gasteiger partial charge is 0.223 e. The van der Waals surface area contributed by atoms with Crippen LogP contribution in [-0.2, 0) is 11.3 Å². The lowest BCUT2D eigenvalue weighted by molar-refractivity contribution is -0.126. The number of amides is 1. The summed E-state index contributed by atoms with van der Waals surface area (Å²) in [5.74, 6) is -0.901. The monoisotopic (exact) mass is 254 g/mol. The molecule has 2 rings (SSSR count). The number of rotatable bonds is 4. The summed E-state index contributed by atoms with van der Waals surface area (Å²) in [6.45, 7) is 3.54. The Bertz CT molecular complexity index is 447. The van der Waals surface area contributed by atoms with Crippen LogP contribution in [0.4, 0.5) is 8.78 Å². The van der Waals surface area contributed by atoms with Gasteiger partial charge in [0.15, 0.2) is 0 Å². The average molecular weight is 254 g/mol. The van der Waals surface area contributed by atoms with Crippen molar-refractivity contribution in [3.8, 4) is 0 Å². The molecule has 1 fully saturated rings. The molecule has 1 amide bonds. The fraction of sp³-hybridized carbons (Fsp3) is 0.462. The molecule has 1 aromatic rings. The van der Waals surface area contributed by atoms with E-state index in [-0.39, 0.29) is 23.9 Å². The first kappa shape index (κ1) is 13.0.